The van der Waals surface area contributed by atoms with Crippen molar-refractivity contribution in [3.05, 3.63) is 39.8 Å². The first-order chi connectivity index (χ1) is 12.6. The van der Waals surface area contributed by atoms with E-state index < -0.39 is 12.0 Å². The molecule has 0 unspecified atom stereocenters. The fourth-order valence-electron chi connectivity index (χ4n) is 3.48. The quantitative estimate of drug-likeness (QED) is 0.858. The number of carboxylic acids is 1. The van der Waals surface area contributed by atoms with Crippen LogP contribution < -0.4 is 9.47 Å². The number of aryl methyl sites for hydroxylation is 1. The van der Waals surface area contributed by atoms with E-state index in [1.807, 2.05) is 17.9 Å². The lowest BCUT2D eigenvalue weighted by molar-refractivity contribution is -0.144. The maximum absolute atomic E-state index is 11.9. The van der Waals surface area contributed by atoms with E-state index in [4.69, 9.17) is 9.47 Å². The average molecular weight is 375 g/mol. The molecule has 2 aliphatic rings. The first kappa shape index (κ1) is 17.3. The molecule has 1 saturated heterocycles. The van der Waals surface area contributed by atoms with Gasteiger partial charge in [0.25, 0.3) is 0 Å². The van der Waals surface area contributed by atoms with Crippen molar-refractivity contribution in [2.75, 3.05) is 33.0 Å². The number of thiazole rings is 1. The minimum atomic E-state index is -0.840. The number of aliphatic carboxylic acids is 1. The summed E-state index contributed by atoms with van der Waals surface area (Å²) in [6.45, 7) is 6.07. The number of ether oxygens (including phenoxy) is 2. The van der Waals surface area contributed by atoms with Crippen LogP contribution in [-0.4, -0.2) is 58.8 Å². The molecule has 1 aromatic carbocycles. The number of aromatic nitrogens is 1. The van der Waals surface area contributed by atoms with E-state index in [9.17, 15) is 9.90 Å². The Morgan fingerprint density at radius 1 is 1.27 bits per heavy atom. The molecule has 0 spiro atoms. The second-order valence-electron chi connectivity index (χ2n) is 6.52. The van der Waals surface area contributed by atoms with Gasteiger partial charge in [-0.05, 0) is 24.6 Å². The molecule has 4 rings (SSSR count). The molecule has 1 N–H and O–H groups in total. The van der Waals surface area contributed by atoms with E-state index in [0.29, 0.717) is 24.6 Å². The first-order valence-electron chi connectivity index (χ1n) is 8.60. The van der Waals surface area contributed by atoms with Crippen LogP contribution >= 0.6 is 11.3 Å². The lowest BCUT2D eigenvalue weighted by Gasteiger charge is -2.37. The van der Waals surface area contributed by atoms with Crippen molar-refractivity contribution in [2.45, 2.75) is 19.5 Å². The van der Waals surface area contributed by atoms with Gasteiger partial charge in [0, 0.05) is 38.1 Å². The summed E-state index contributed by atoms with van der Waals surface area (Å²) in [4.78, 5) is 20.8. The first-order valence-corrected chi connectivity index (χ1v) is 9.48. The van der Waals surface area contributed by atoms with Gasteiger partial charge < -0.3 is 14.6 Å². The predicted octanol–water partition coefficient (Wildman–Crippen LogP) is 2.12. The Morgan fingerprint density at radius 2 is 2.04 bits per heavy atom. The van der Waals surface area contributed by atoms with E-state index in [0.717, 1.165) is 35.9 Å². The molecule has 1 aromatic heterocycles. The summed E-state index contributed by atoms with van der Waals surface area (Å²) in [6.07, 6.45) is 0. The summed E-state index contributed by atoms with van der Waals surface area (Å²) >= 11 is 1.66. The molecule has 7 nitrogen and oxygen atoms in total. The van der Waals surface area contributed by atoms with Crippen LogP contribution in [0.2, 0.25) is 0 Å². The van der Waals surface area contributed by atoms with Crippen LogP contribution in [0.15, 0.2) is 23.6 Å². The van der Waals surface area contributed by atoms with Gasteiger partial charge in [-0.2, -0.15) is 0 Å². The number of rotatable bonds is 5. The van der Waals surface area contributed by atoms with Crippen LogP contribution in [0, 0.1) is 6.92 Å². The fraction of sp³-hybridized carbons (Fsp3) is 0.444. The number of piperazine rings is 1. The highest BCUT2D eigenvalue weighted by Crippen LogP contribution is 2.35. The molecule has 0 aliphatic carbocycles. The molecule has 0 radical (unpaired) electrons. The molecule has 1 fully saturated rings. The van der Waals surface area contributed by atoms with Crippen molar-refractivity contribution < 1.29 is 19.4 Å². The Kier molecular flexibility index (Phi) is 4.80. The topological polar surface area (TPSA) is 75.1 Å². The fourth-order valence-corrected chi connectivity index (χ4v) is 4.09. The number of hydrogen-bond donors (Lipinski definition) is 1. The number of hydrogen-bond acceptors (Lipinski definition) is 7. The predicted molar refractivity (Wildman–Crippen MR) is 96.6 cm³/mol. The second kappa shape index (κ2) is 7.22. The van der Waals surface area contributed by atoms with Gasteiger partial charge in [-0.25, -0.2) is 4.98 Å². The molecular weight excluding hydrogens is 354 g/mol. The third-order valence-electron chi connectivity index (χ3n) is 4.77. The molecule has 1 atom stereocenters. The van der Waals surface area contributed by atoms with Crippen LogP contribution in [-0.2, 0) is 11.3 Å². The summed E-state index contributed by atoms with van der Waals surface area (Å²) < 4.78 is 10.7. The molecule has 26 heavy (non-hydrogen) atoms. The van der Waals surface area contributed by atoms with Gasteiger partial charge in [0.2, 0.25) is 6.79 Å². The molecule has 0 amide bonds. The van der Waals surface area contributed by atoms with Crippen LogP contribution in [0.4, 0.5) is 0 Å². The smallest absolute Gasteiger partial charge is 0.325 e. The monoisotopic (exact) mass is 375 g/mol. The van der Waals surface area contributed by atoms with Crippen molar-refractivity contribution in [2.24, 2.45) is 0 Å². The van der Waals surface area contributed by atoms with Gasteiger partial charge in [0.1, 0.15) is 6.04 Å². The molecule has 138 valence electrons. The van der Waals surface area contributed by atoms with E-state index >= 15 is 0 Å². The normalized spacial score (nSPS) is 18.8. The van der Waals surface area contributed by atoms with E-state index in [1.54, 1.807) is 23.5 Å². The van der Waals surface area contributed by atoms with Crippen LogP contribution in [0.3, 0.4) is 0 Å². The Labute approximate surface area is 155 Å². The lowest BCUT2D eigenvalue weighted by Crippen LogP contribution is -2.48. The number of nitrogens with zero attached hydrogens (tertiary/aromatic N) is 3. The van der Waals surface area contributed by atoms with Crippen molar-refractivity contribution in [1.82, 2.24) is 14.8 Å². The highest BCUT2D eigenvalue weighted by atomic mass is 32.1. The van der Waals surface area contributed by atoms with Gasteiger partial charge in [-0.3, -0.25) is 14.6 Å². The van der Waals surface area contributed by atoms with Crippen molar-refractivity contribution in [1.29, 1.82) is 0 Å². The minimum absolute atomic E-state index is 0.186. The maximum atomic E-state index is 11.9. The van der Waals surface area contributed by atoms with E-state index in [2.05, 4.69) is 15.3 Å². The van der Waals surface area contributed by atoms with Crippen LogP contribution in [0.25, 0.3) is 0 Å². The molecule has 8 heteroatoms. The van der Waals surface area contributed by atoms with Gasteiger partial charge in [0.05, 0.1) is 10.7 Å². The Bertz CT molecular complexity index is 801. The standard InChI is InChI=1S/C18H21N3O4S/c1-12-19-14(10-26-12)9-20-4-6-21(7-5-20)17(18(22)23)13-2-3-15-16(8-13)25-11-24-15/h2-3,8,10,17H,4-7,9,11H2,1H3,(H,22,23)/t17-/m1/s1. The summed E-state index contributed by atoms with van der Waals surface area (Å²) in [6, 6.07) is 4.71. The van der Waals surface area contributed by atoms with E-state index in [1.165, 1.54) is 0 Å². The van der Waals surface area contributed by atoms with Crippen molar-refractivity contribution in [3.63, 3.8) is 0 Å². The zero-order valence-electron chi connectivity index (χ0n) is 14.6. The summed E-state index contributed by atoms with van der Waals surface area (Å²) in [7, 11) is 0. The zero-order chi connectivity index (χ0) is 18.1. The van der Waals surface area contributed by atoms with Gasteiger partial charge in [-0.1, -0.05) is 6.07 Å². The Hall–Kier alpha value is -2.16. The number of fused-ring (bicyclic) bond motifs is 1. The zero-order valence-corrected chi connectivity index (χ0v) is 15.4. The van der Waals surface area contributed by atoms with Gasteiger partial charge in [-0.15, -0.1) is 11.3 Å². The molecule has 2 aliphatic heterocycles. The minimum Gasteiger partial charge on any atom is -0.480 e. The second-order valence-corrected chi connectivity index (χ2v) is 7.59. The average Bonchev–Trinajstić information content (AvgIpc) is 3.24. The number of carboxylic acid groups (broad SMARTS) is 1. The largest absolute Gasteiger partial charge is 0.480 e. The summed E-state index contributed by atoms with van der Waals surface area (Å²) in [5.74, 6) is 0.444. The molecule has 3 heterocycles. The molecular formula is C18H21N3O4S. The SMILES string of the molecule is Cc1nc(CN2CCN([C@@H](C(=O)O)c3ccc4c(c3)OCO4)CC2)cs1. The molecule has 2 aromatic rings. The van der Waals surface area contributed by atoms with Gasteiger partial charge in [0.15, 0.2) is 11.5 Å². The Balaban J connectivity index is 1.43. The third kappa shape index (κ3) is 3.53. The van der Waals surface area contributed by atoms with Gasteiger partial charge >= 0.3 is 5.97 Å². The number of carbonyl (C=O) groups is 1. The highest BCUT2D eigenvalue weighted by molar-refractivity contribution is 7.09. The summed E-state index contributed by atoms with van der Waals surface area (Å²) in [5, 5.41) is 13.0. The van der Waals surface area contributed by atoms with Crippen LogP contribution in [0.5, 0.6) is 11.5 Å². The van der Waals surface area contributed by atoms with E-state index in [-0.39, 0.29) is 6.79 Å². The third-order valence-corrected chi connectivity index (χ3v) is 5.59. The highest BCUT2D eigenvalue weighted by Gasteiger charge is 2.31. The maximum Gasteiger partial charge on any atom is 0.325 e. The summed E-state index contributed by atoms with van der Waals surface area (Å²) in [5.41, 5.74) is 1.82. The number of benzene rings is 1. The van der Waals surface area contributed by atoms with Crippen molar-refractivity contribution >= 4 is 17.3 Å². The Morgan fingerprint density at radius 3 is 2.73 bits per heavy atom. The van der Waals surface area contributed by atoms with Crippen LogP contribution in [0.1, 0.15) is 22.3 Å². The molecule has 0 bridgehead atoms. The molecule has 0 saturated carbocycles. The van der Waals surface area contributed by atoms with Crippen molar-refractivity contribution in [3.8, 4) is 11.5 Å². The lowest BCUT2D eigenvalue weighted by atomic mass is 10.0.